The molecule has 0 aliphatic carbocycles. The van der Waals surface area contributed by atoms with Gasteiger partial charge in [-0.25, -0.2) is 13.6 Å². The van der Waals surface area contributed by atoms with Crippen LogP contribution < -0.4 is 10.5 Å². The van der Waals surface area contributed by atoms with Crippen LogP contribution in [0, 0.1) is 5.92 Å². The highest BCUT2D eigenvalue weighted by Gasteiger charge is 2.17. The molecule has 1 heterocycles. The minimum atomic E-state index is -3.65. The van der Waals surface area contributed by atoms with Crippen molar-refractivity contribution in [3.05, 3.63) is 24.3 Å². The van der Waals surface area contributed by atoms with E-state index < -0.39 is 10.0 Å². The summed E-state index contributed by atoms with van der Waals surface area (Å²) < 4.78 is 22.8. The van der Waals surface area contributed by atoms with E-state index in [4.69, 9.17) is 5.14 Å². The van der Waals surface area contributed by atoms with Crippen LogP contribution in [-0.2, 0) is 10.0 Å². The molecule has 1 aromatic rings. The number of thioether (sulfide) groups is 1. The van der Waals surface area contributed by atoms with Gasteiger partial charge in [-0.15, -0.1) is 0 Å². The van der Waals surface area contributed by atoms with Crippen LogP contribution in [0.2, 0.25) is 0 Å². The van der Waals surface area contributed by atoms with Crippen molar-refractivity contribution in [2.24, 2.45) is 11.1 Å². The number of hydrogen-bond donors (Lipinski definition) is 2. The molecule has 1 unspecified atom stereocenters. The summed E-state index contributed by atoms with van der Waals surface area (Å²) in [7, 11) is -3.65. The lowest BCUT2D eigenvalue weighted by Crippen LogP contribution is -2.18. The van der Waals surface area contributed by atoms with Gasteiger partial charge in [-0.2, -0.15) is 11.8 Å². The van der Waals surface area contributed by atoms with E-state index >= 15 is 0 Å². The molecule has 2 rings (SSSR count). The number of para-hydroxylation sites is 1. The van der Waals surface area contributed by atoms with Gasteiger partial charge in [-0.3, -0.25) is 0 Å². The molecule has 1 aliphatic rings. The van der Waals surface area contributed by atoms with Gasteiger partial charge in [0.05, 0.1) is 5.69 Å². The second-order valence-corrected chi connectivity index (χ2v) is 6.83. The summed E-state index contributed by atoms with van der Waals surface area (Å²) in [5, 5.41) is 8.36. The zero-order valence-corrected chi connectivity index (χ0v) is 11.1. The van der Waals surface area contributed by atoms with Crippen molar-refractivity contribution in [3.8, 4) is 0 Å². The molecule has 1 aliphatic heterocycles. The number of primary sulfonamides is 1. The molecule has 4 nitrogen and oxygen atoms in total. The summed E-state index contributed by atoms with van der Waals surface area (Å²) in [6.45, 7) is 0.805. The first-order valence-electron chi connectivity index (χ1n) is 5.51. The van der Waals surface area contributed by atoms with E-state index in [9.17, 15) is 8.42 Å². The Bertz CT molecular complexity index is 482. The largest absolute Gasteiger partial charge is 0.384 e. The van der Waals surface area contributed by atoms with Crippen molar-refractivity contribution in [1.82, 2.24) is 0 Å². The molecule has 0 amide bonds. The highest BCUT2D eigenvalue weighted by atomic mass is 32.2. The molecular formula is C11H16N2O2S2. The number of rotatable bonds is 4. The van der Waals surface area contributed by atoms with Crippen molar-refractivity contribution in [2.45, 2.75) is 11.3 Å². The van der Waals surface area contributed by atoms with Gasteiger partial charge >= 0.3 is 0 Å². The Labute approximate surface area is 106 Å². The summed E-state index contributed by atoms with van der Waals surface area (Å²) in [5.74, 6) is 2.96. The van der Waals surface area contributed by atoms with Gasteiger partial charge in [-0.05, 0) is 36.0 Å². The van der Waals surface area contributed by atoms with Crippen LogP contribution in [0.5, 0.6) is 0 Å². The molecule has 1 aromatic carbocycles. The first-order valence-corrected chi connectivity index (χ1v) is 8.21. The van der Waals surface area contributed by atoms with Crippen molar-refractivity contribution in [3.63, 3.8) is 0 Å². The van der Waals surface area contributed by atoms with Crippen LogP contribution in [0.1, 0.15) is 6.42 Å². The minimum absolute atomic E-state index is 0.172. The van der Waals surface area contributed by atoms with Crippen LogP contribution in [0.15, 0.2) is 29.2 Å². The number of benzene rings is 1. The third-order valence-electron chi connectivity index (χ3n) is 2.80. The first kappa shape index (κ1) is 12.7. The number of sulfonamides is 1. The van der Waals surface area contributed by atoms with E-state index in [-0.39, 0.29) is 4.90 Å². The van der Waals surface area contributed by atoms with Crippen molar-refractivity contribution < 1.29 is 8.42 Å². The third-order valence-corrected chi connectivity index (χ3v) is 5.00. The van der Waals surface area contributed by atoms with Gasteiger partial charge < -0.3 is 5.32 Å². The van der Waals surface area contributed by atoms with E-state index in [1.54, 1.807) is 18.2 Å². The van der Waals surface area contributed by atoms with Crippen LogP contribution >= 0.6 is 11.8 Å². The number of nitrogens with two attached hydrogens (primary N) is 1. The van der Waals surface area contributed by atoms with Crippen LogP contribution in [-0.4, -0.2) is 26.5 Å². The molecular weight excluding hydrogens is 256 g/mol. The molecule has 0 aromatic heterocycles. The summed E-state index contributed by atoms with van der Waals surface area (Å²) in [6.07, 6.45) is 1.19. The Morgan fingerprint density at radius 2 is 2.18 bits per heavy atom. The lowest BCUT2D eigenvalue weighted by atomic mass is 10.1. The molecule has 6 heteroatoms. The maximum absolute atomic E-state index is 11.4. The molecule has 94 valence electrons. The molecule has 17 heavy (non-hydrogen) atoms. The van der Waals surface area contributed by atoms with Crippen LogP contribution in [0.4, 0.5) is 5.69 Å². The molecule has 0 saturated carbocycles. The molecule has 0 radical (unpaired) electrons. The highest BCUT2D eigenvalue weighted by Crippen LogP contribution is 2.25. The van der Waals surface area contributed by atoms with Crippen LogP contribution in [0.3, 0.4) is 0 Å². The zero-order chi connectivity index (χ0) is 12.3. The minimum Gasteiger partial charge on any atom is -0.384 e. The van der Waals surface area contributed by atoms with Gasteiger partial charge in [-0.1, -0.05) is 12.1 Å². The smallest absolute Gasteiger partial charge is 0.240 e. The van der Waals surface area contributed by atoms with Gasteiger partial charge in [0.25, 0.3) is 0 Å². The quantitative estimate of drug-likeness (QED) is 0.871. The fourth-order valence-corrected chi connectivity index (χ4v) is 3.86. The molecule has 1 fully saturated rings. The maximum Gasteiger partial charge on any atom is 0.240 e. The summed E-state index contributed by atoms with van der Waals surface area (Å²) in [4.78, 5) is 0.172. The molecule has 0 spiro atoms. The fourth-order valence-electron chi connectivity index (χ4n) is 1.86. The lowest BCUT2D eigenvalue weighted by Gasteiger charge is -2.13. The third kappa shape index (κ3) is 3.37. The molecule has 3 N–H and O–H groups in total. The Balaban J connectivity index is 2.09. The average molecular weight is 272 g/mol. The predicted molar refractivity (Wildman–Crippen MR) is 71.7 cm³/mol. The monoisotopic (exact) mass is 272 g/mol. The zero-order valence-electron chi connectivity index (χ0n) is 9.43. The first-order chi connectivity index (χ1) is 8.07. The molecule has 1 saturated heterocycles. The van der Waals surface area contributed by atoms with E-state index in [2.05, 4.69) is 5.32 Å². The Morgan fingerprint density at radius 1 is 1.41 bits per heavy atom. The SMILES string of the molecule is NS(=O)(=O)c1ccccc1NCC1CCSC1. The Kier molecular flexibility index (Phi) is 3.96. The van der Waals surface area contributed by atoms with E-state index in [0.717, 1.165) is 12.3 Å². The summed E-state index contributed by atoms with van der Waals surface area (Å²) >= 11 is 1.94. The predicted octanol–water partition coefficient (Wildman–Crippen LogP) is 1.50. The molecule has 1 atom stereocenters. The topological polar surface area (TPSA) is 72.2 Å². The van der Waals surface area contributed by atoms with E-state index in [0.29, 0.717) is 11.6 Å². The number of nitrogens with one attached hydrogen (secondary N) is 1. The van der Waals surface area contributed by atoms with Crippen LogP contribution in [0.25, 0.3) is 0 Å². The number of anilines is 1. The molecule has 0 bridgehead atoms. The second-order valence-electron chi connectivity index (χ2n) is 4.15. The van der Waals surface area contributed by atoms with Crippen molar-refractivity contribution in [1.29, 1.82) is 0 Å². The van der Waals surface area contributed by atoms with Crippen molar-refractivity contribution in [2.75, 3.05) is 23.4 Å². The summed E-state index contributed by atoms with van der Waals surface area (Å²) in [5.41, 5.74) is 0.604. The van der Waals surface area contributed by atoms with Gasteiger partial charge in [0.2, 0.25) is 10.0 Å². The van der Waals surface area contributed by atoms with Gasteiger partial charge in [0.1, 0.15) is 4.90 Å². The normalized spacial score (nSPS) is 20.4. The highest BCUT2D eigenvalue weighted by molar-refractivity contribution is 7.99. The summed E-state index contributed by atoms with van der Waals surface area (Å²) in [6, 6.07) is 6.76. The number of hydrogen-bond acceptors (Lipinski definition) is 4. The lowest BCUT2D eigenvalue weighted by molar-refractivity contribution is 0.597. The second kappa shape index (κ2) is 5.29. The van der Waals surface area contributed by atoms with Crippen molar-refractivity contribution >= 4 is 27.5 Å². The average Bonchev–Trinajstić information content (AvgIpc) is 2.78. The maximum atomic E-state index is 11.4. The van der Waals surface area contributed by atoms with E-state index in [1.165, 1.54) is 18.2 Å². The van der Waals surface area contributed by atoms with Gasteiger partial charge in [0, 0.05) is 6.54 Å². The Hall–Kier alpha value is -0.720. The fraction of sp³-hybridized carbons (Fsp3) is 0.455. The van der Waals surface area contributed by atoms with E-state index in [1.807, 2.05) is 11.8 Å². The Morgan fingerprint density at radius 3 is 2.82 bits per heavy atom. The van der Waals surface area contributed by atoms with Gasteiger partial charge in [0.15, 0.2) is 0 Å². The standard InChI is InChI=1S/C11H16N2O2S2/c12-17(14,15)11-4-2-1-3-10(11)13-7-9-5-6-16-8-9/h1-4,9,13H,5-8H2,(H2,12,14,15).